The Balaban J connectivity index is 2.02. The molecule has 0 aliphatic rings. The molecular weight excluding hydrogens is 362 g/mol. The molecule has 5 heteroatoms. The van der Waals surface area contributed by atoms with Crippen LogP contribution in [0, 0.1) is 11.3 Å². The minimum Gasteiger partial charge on any atom is -0.496 e. The maximum absolute atomic E-state index is 8.80. The van der Waals surface area contributed by atoms with Gasteiger partial charge in [0.25, 0.3) is 0 Å². The average Bonchev–Trinajstić information content (AvgIpc) is 2.56. The summed E-state index contributed by atoms with van der Waals surface area (Å²) in [7, 11) is 3.32. The molecule has 0 atom stereocenters. The maximum atomic E-state index is 8.80. The molecule has 0 spiro atoms. The van der Waals surface area contributed by atoms with Gasteiger partial charge in [-0.25, -0.2) is 0 Å². The Bertz CT molecular complexity index is 680. The van der Waals surface area contributed by atoms with Crippen LogP contribution in [0.1, 0.15) is 16.7 Å². The van der Waals surface area contributed by atoms with E-state index in [9.17, 15) is 0 Å². The van der Waals surface area contributed by atoms with Crippen LogP contribution < -0.4 is 9.47 Å². The van der Waals surface area contributed by atoms with E-state index in [0.717, 1.165) is 33.0 Å². The summed E-state index contributed by atoms with van der Waals surface area (Å²) in [5.41, 5.74) is 2.99. The third-order valence-corrected chi connectivity index (χ3v) is 4.84. The second kappa shape index (κ2) is 8.11. The van der Waals surface area contributed by atoms with Gasteiger partial charge >= 0.3 is 0 Å². The Morgan fingerprint density at radius 3 is 2.32 bits per heavy atom. The van der Waals surface area contributed by atoms with Gasteiger partial charge in [0.1, 0.15) is 11.5 Å². The molecule has 114 valence electrons. The molecule has 0 radical (unpaired) electrons. The topological polar surface area (TPSA) is 42.2 Å². The summed E-state index contributed by atoms with van der Waals surface area (Å²) < 4.78 is 11.6. The van der Waals surface area contributed by atoms with Crippen LogP contribution in [0.3, 0.4) is 0 Å². The van der Waals surface area contributed by atoms with Gasteiger partial charge in [0, 0.05) is 17.1 Å². The normalized spacial score (nSPS) is 10.1. The molecule has 0 fully saturated rings. The summed E-state index contributed by atoms with van der Waals surface area (Å²) in [6.07, 6.45) is 0. The lowest BCUT2D eigenvalue weighted by atomic mass is 10.2. The van der Waals surface area contributed by atoms with Crippen molar-refractivity contribution in [2.75, 3.05) is 14.2 Å². The van der Waals surface area contributed by atoms with Crippen LogP contribution in [0.5, 0.6) is 11.5 Å². The minimum absolute atomic E-state index is 0.688. The minimum atomic E-state index is 0.688. The second-order valence-electron chi connectivity index (χ2n) is 4.60. The van der Waals surface area contributed by atoms with Crippen LogP contribution >= 0.6 is 27.7 Å². The van der Waals surface area contributed by atoms with Crippen LogP contribution in [0.4, 0.5) is 0 Å². The van der Waals surface area contributed by atoms with Gasteiger partial charge in [-0.3, -0.25) is 0 Å². The lowest BCUT2D eigenvalue weighted by molar-refractivity contribution is 0.398. The first-order valence-electron chi connectivity index (χ1n) is 6.65. The highest BCUT2D eigenvalue weighted by Crippen LogP contribution is 2.35. The van der Waals surface area contributed by atoms with Crippen LogP contribution in [0.2, 0.25) is 0 Å². The van der Waals surface area contributed by atoms with E-state index in [1.54, 1.807) is 26.0 Å². The first-order valence-corrected chi connectivity index (χ1v) is 8.60. The van der Waals surface area contributed by atoms with Gasteiger partial charge in [0.2, 0.25) is 0 Å². The summed E-state index contributed by atoms with van der Waals surface area (Å²) >= 11 is 5.26. The highest BCUT2D eigenvalue weighted by atomic mass is 79.9. The maximum Gasteiger partial charge on any atom is 0.133 e. The van der Waals surface area contributed by atoms with Gasteiger partial charge in [-0.15, -0.1) is 0 Å². The molecule has 0 amide bonds. The summed E-state index contributed by atoms with van der Waals surface area (Å²) in [4.78, 5) is 0. The Morgan fingerprint density at radius 2 is 1.73 bits per heavy atom. The Kier molecular flexibility index (Phi) is 6.17. The fourth-order valence-corrected chi connectivity index (χ4v) is 3.45. The Morgan fingerprint density at radius 1 is 1.05 bits per heavy atom. The predicted molar refractivity (Wildman–Crippen MR) is 93.4 cm³/mol. The molecule has 0 saturated heterocycles. The average molecular weight is 378 g/mol. The lowest BCUT2D eigenvalue weighted by Crippen LogP contribution is -1.94. The van der Waals surface area contributed by atoms with Crippen molar-refractivity contribution in [3.05, 3.63) is 57.6 Å². The molecule has 0 bridgehead atoms. The van der Waals surface area contributed by atoms with E-state index >= 15 is 0 Å². The molecule has 0 aliphatic carbocycles. The molecule has 3 nitrogen and oxygen atoms in total. The first-order chi connectivity index (χ1) is 10.7. The number of hydrogen-bond donors (Lipinski definition) is 0. The van der Waals surface area contributed by atoms with Crippen LogP contribution in [-0.2, 0) is 11.5 Å². The van der Waals surface area contributed by atoms with Gasteiger partial charge in [-0.05, 0) is 45.8 Å². The summed E-state index contributed by atoms with van der Waals surface area (Å²) in [5, 5.41) is 8.80. The van der Waals surface area contributed by atoms with Gasteiger partial charge in [0.05, 0.1) is 30.3 Å². The largest absolute Gasteiger partial charge is 0.496 e. The van der Waals surface area contributed by atoms with Crippen molar-refractivity contribution >= 4 is 27.7 Å². The third kappa shape index (κ3) is 4.19. The monoisotopic (exact) mass is 377 g/mol. The van der Waals surface area contributed by atoms with Crippen molar-refractivity contribution in [3.63, 3.8) is 0 Å². The number of thioether (sulfide) groups is 1. The molecule has 2 aromatic carbocycles. The molecule has 22 heavy (non-hydrogen) atoms. The molecular formula is C17H16BrNO2S. The molecule has 0 saturated carbocycles. The third-order valence-electron chi connectivity index (χ3n) is 3.16. The summed E-state index contributed by atoms with van der Waals surface area (Å²) in [6.45, 7) is 0. The van der Waals surface area contributed by atoms with E-state index in [1.807, 2.05) is 36.4 Å². The fraction of sp³-hybridized carbons (Fsp3) is 0.235. The number of nitriles is 1. The lowest BCUT2D eigenvalue weighted by Gasteiger charge is -2.12. The van der Waals surface area contributed by atoms with E-state index < -0.39 is 0 Å². The number of rotatable bonds is 6. The smallest absolute Gasteiger partial charge is 0.133 e. The standard InChI is InChI=1S/C17H16BrNO2S/c1-20-16-8-15(18)17(21-2)7-14(16)11-22-10-13-5-3-12(9-19)4-6-13/h3-8H,10-11H2,1-2H3. The zero-order chi connectivity index (χ0) is 15.9. The van der Waals surface area contributed by atoms with E-state index in [1.165, 1.54) is 5.56 Å². The van der Waals surface area contributed by atoms with E-state index in [0.29, 0.717) is 5.56 Å². The van der Waals surface area contributed by atoms with Crippen molar-refractivity contribution in [2.45, 2.75) is 11.5 Å². The van der Waals surface area contributed by atoms with Crippen LogP contribution in [0.15, 0.2) is 40.9 Å². The number of methoxy groups -OCH3 is 2. The molecule has 0 N–H and O–H groups in total. The number of halogens is 1. The number of ether oxygens (including phenoxy) is 2. The molecule has 0 aromatic heterocycles. The van der Waals surface area contributed by atoms with Crippen molar-refractivity contribution < 1.29 is 9.47 Å². The molecule has 2 aromatic rings. The van der Waals surface area contributed by atoms with Crippen molar-refractivity contribution in [2.24, 2.45) is 0 Å². The molecule has 0 unspecified atom stereocenters. The van der Waals surface area contributed by atoms with Crippen molar-refractivity contribution in [1.82, 2.24) is 0 Å². The molecule has 0 heterocycles. The van der Waals surface area contributed by atoms with Gasteiger partial charge in [-0.2, -0.15) is 17.0 Å². The highest BCUT2D eigenvalue weighted by Gasteiger charge is 2.09. The molecule has 0 aliphatic heterocycles. The fourth-order valence-electron chi connectivity index (χ4n) is 1.99. The van der Waals surface area contributed by atoms with Crippen LogP contribution in [0.25, 0.3) is 0 Å². The van der Waals surface area contributed by atoms with E-state index in [4.69, 9.17) is 14.7 Å². The van der Waals surface area contributed by atoms with E-state index in [2.05, 4.69) is 22.0 Å². The first kappa shape index (κ1) is 16.7. The summed E-state index contributed by atoms with van der Waals surface area (Å²) in [5.74, 6) is 3.36. The quantitative estimate of drug-likeness (QED) is 0.726. The number of hydrogen-bond acceptors (Lipinski definition) is 4. The number of nitrogens with zero attached hydrogens (tertiary/aromatic N) is 1. The van der Waals surface area contributed by atoms with Crippen molar-refractivity contribution in [1.29, 1.82) is 5.26 Å². The van der Waals surface area contributed by atoms with Gasteiger partial charge in [-0.1, -0.05) is 12.1 Å². The van der Waals surface area contributed by atoms with Crippen LogP contribution in [-0.4, -0.2) is 14.2 Å². The second-order valence-corrected chi connectivity index (χ2v) is 6.44. The Hall–Kier alpha value is -1.64. The highest BCUT2D eigenvalue weighted by molar-refractivity contribution is 9.10. The Labute approximate surface area is 143 Å². The number of benzene rings is 2. The van der Waals surface area contributed by atoms with Gasteiger partial charge in [0.15, 0.2) is 0 Å². The van der Waals surface area contributed by atoms with E-state index in [-0.39, 0.29) is 0 Å². The zero-order valence-corrected chi connectivity index (χ0v) is 14.8. The summed E-state index contributed by atoms with van der Waals surface area (Å²) in [6, 6.07) is 13.7. The van der Waals surface area contributed by atoms with Crippen molar-refractivity contribution in [3.8, 4) is 17.6 Å². The van der Waals surface area contributed by atoms with Gasteiger partial charge < -0.3 is 9.47 Å². The molecule has 2 rings (SSSR count). The zero-order valence-electron chi connectivity index (χ0n) is 12.4. The predicted octanol–water partition coefficient (Wildman–Crippen LogP) is 4.77. The SMILES string of the molecule is COc1cc(CSCc2ccc(C#N)cc2)c(OC)cc1Br.